The number of carbonyl (C=O) groups is 4. The number of nitrogens with one attached hydrogen (secondary N) is 1. The molecule has 0 bridgehead atoms. The van der Waals surface area contributed by atoms with Crippen molar-refractivity contribution in [2.75, 3.05) is 13.2 Å². The Bertz CT molecular complexity index is 1610. The standard InChI is InChI=1S/C29H26FN5O5/c1-33-12-19(11-31-33)17-4-6-22-21(9-17)24(36)10-29(22)27(38)35(28(39)32-29)14-26(37)34-13-18-8-20(30)5-7-25(18)40-15-23(34)16-2-3-16/h4-9,11-12,16,23H,2-3,10,13-15H2,1H3,(H,32,39)/t23-,29+/m0/s1. The van der Waals surface area contributed by atoms with Gasteiger partial charge in [-0.25, -0.2) is 9.18 Å². The summed E-state index contributed by atoms with van der Waals surface area (Å²) < 4.78 is 21.6. The van der Waals surface area contributed by atoms with Gasteiger partial charge in [0.05, 0.1) is 12.2 Å². The lowest BCUT2D eigenvalue weighted by Gasteiger charge is -2.30. The minimum Gasteiger partial charge on any atom is -0.491 e. The number of imide groups is 1. The van der Waals surface area contributed by atoms with Gasteiger partial charge in [0.2, 0.25) is 5.91 Å². The number of urea groups is 1. The van der Waals surface area contributed by atoms with E-state index in [0.717, 1.165) is 28.9 Å². The first-order valence-corrected chi connectivity index (χ1v) is 13.2. The van der Waals surface area contributed by atoms with Gasteiger partial charge in [0.25, 0.3) is 5.91 Å². The van der Waals surface area contributed by atoms with E-state index in [4.69, 9.17) is 4.74 Å². The maximum Gasteiger partial charge on any atom is 0.325 e. The van der Waals surface area contributed by atoms with Crippen molar-refractivity contribution in [1.82, 2.24) is 24.9 Å². The van der Waals surface area contributed by atoms with Gasteiger partial charge in [-0.05, 0) is 54.2 Å². The molecule has 4 aliphatic rings. The number of halogens is 1. The number of fused-ring (bicyclic) bond motifs is 3. The van der Waals surface area contributed by atoms with Crippen LogP contribution in [0.4, 0.5) is 9.18 Å². The summed E-state index contributed by atoms with van der Waals surface area (Å²) in [6.45, 7) is -0.127. The number of ketones is 1. The number of Topliss-reactive ketones (excluding diaryl/α,β-unsaturated/α-hetero) is 1. The molecule has 2 aliphatic heterocycles. The topological polar surface area (TPSA) is 114 Å². The Kier molecular flexibility index (Phi) is 5.35. The maximum atomic E-state index is 14.0. The number of hydrogen-bond acceptors (Lipinski definition) is 6. The zero-order valence-electron chi connectivity index (χ0n) is 21.7. The van der Waals surface area contributed by atoms with Gasteiger partial charge >= 0.3 is 6.03 Å². The zero-order chi connectivity index (χ0) is 27.8. The van der Waals surface area contributed by atoms with Gasteiger partial charge in [-0.1, -0.05) is 12.1 Å². The van der Waals surface area contributed by atoms with E-state index in [2.05, 4.69) is 10.4 Å². The molecule has 3 aromatic rings. The van der Waals surface area contributed by atoms with Crippen molar-refractivity contribution in [3.8, 4) is 16.9 Å². The first-order chi connectivity index (χ1) is 19.2. The second kappa shape index (κ2) is 8.73. The van der Waals surface area contributed by atoms with Crippen molar-refractivity contribution in [2.24, 2.45) is 13.0 Å². The third-order valence-corrected chi connectivity index (χ3v) is 8.37. The third kappa shape index (κ3) is 3.79. The smallest absolute Gasteiger partial charge is 0.325 e. The van der Waals surface area contributed by atoms with Crippen molar-refractivity contribution >= 4 is 23.6 Å². The van der Waals surface area contributed by atoms with E-state index < -0.39 is 35.7 Å². The average Bonchev–Trinajstić information content (AvgIpc) is 3.60. The molecule has 4 amide bonds. The average molecular weight is 544 g/mol. The van der Waals surface area contributed by atoms with Gasteiger partial charge in [-0.2, -0.15) is 5.10 Å². The van der Waals surface area contributed by atoms with Gasteiger partial charge in [-0.15, -0.1) is 0 Å². The highest BCUT2D eigenvalue weighted by Gasteiger charge is 2.58. The van der Waals surface area contributed by atoms with Crippen LogP contribution in [-0.4, -0.2) is 62.4 Å². The lowest BCUT2D eigenvalue weighted by Crippen LogP contribution is -2.49. The van der Waals surface area contributed by atoms with E-state index in [0.29, 0.717) is 22.4 Å². The number of aryl methyl sites for hydroxylation is 1. The maximum absolute atomic E-state index is 14.0. The first-order valence-electron chi connectivity index (χ1n) is 13.2. The number of amides is 4. The number of hydrogen-bond donors (Lipinski definition) is 1. The zero-order valence-corrected chi connectivity index (χ0v) is 21.7. The summed E-state index contributed by atoms with van der Waals surface area (Å²) in [5, 5.41) is 6.89. The van der Waals surface area contributed by atoms with E-state index in [1.54, 1.807) is 47.1 Å². The Morgan fingerprint density at radius 2 is 1.98 bits per heavy atom. The summed E-state index contributed by atoms with van der Waals surface area (Å²) in [5.41, 5.74) is 1.35. The largest absolute Gasteiger partial charge is 0.491 e. The molecule has 1 aromatic heterocycles. The highest BCUT2D eigenvalue weighted by atomic mass is 19.1. The van der Waals surface area contributed by atoms with Crippen LogP contribution >= 0.6 is 0 Å². The van der Waals surface area contributed by atoms with Crippen LogP contribution in [-0.2, 0) is 28.7 Å². The molecule has 0 unspecified atom stereocenters. The van der Waals surface area contributed by atoms with Crippen molar-refractivity contribution in [3.63, 3.8) is 0 Å². The molecule has 2 aromatic carbocycles. The summed E-state index contributed by atoms with van der Waals surface area (Å²) in [6.07, 6.45) is 5.16. The molecule has 0 radical (unpaired) electrons. The summed E-state index contributed by atoms with van der Waals surface area (Å²) in [7, 11) is 1.79. The SMILES string of the molecule is Cn1cc(-c2ccc3c(c2)C(=O)C[C@@]32NC(=O)N(CC(=O)N3Cc4cc(F)ccc4OC[C@H]3C3CC3)C2=O)cn1. The monoisotopic (exact) mass is 543 g/mol. The van der Waals surface area contributed by atoms with E-state index in [-0.39, 0.29) is 37.3 Å². The fourth-order valence-electron chi connectivity index (χ4n) is 6.15. The van der Waals surface area contributed by atoms with Gasteiger partial charge in [-0.3, -0.25) is 24.0 Å². The number of aromatic nitrogens is 2. The Balaban J connectivity index is 1.16. The molecule has 1 spiro atoms. The molecule has 3 heterocycles. The molecule has 2 fully saturated rings. The van der Waals surface area contributed by atoms with Crippen LogP contribution in [0.15, 0.2) is 48.8 Å². The number of nitrogens with zero attached hydrogens (tertiary/aromatic N) is 4. The molecule has 2 aliphatic carbocycles. The number of benzene rings is 2. The quantitative estimate of drug-likeness (QED) is 0.507. The molecule has 204 valence electrons. The molecule has 1 N–H and O–H groups in total. The van der Waals surface area contributed by atoms with Gasteiger partial charge in [0, 0.05) is 42.9 Å². The molecule has 40 heavy (non-hydrogen) atoms. The van der Waals surface area contributed by atoms with Crippen molar-refractivity contribution in [1.29, 1.82) is 0 Å². The van der Waals surface area contributed by atoms with Crippen LogP contribution in [0, 0.1) is 11.7 Å². The fraction of sp³-hybridized carbons (Fsp3) is 0.345. The summed E-state index contributed by atoms with van der Waals surface area (Å²) in [6, 6.07) is 8.42. The number of ether oxygens (including phenoxy) is 1. The normalized spacial score (nSPS) is 23.6. The molecule has 7 rings (SSSR count). The predicted molar refractivity (Wildman–Crippen MR) is 138 cm³/mol. The van der Waals surface area contributed by atoms with Crippen LogP contribution in [0.5, 0.6) is 5.75 Å². The third-order valence-electron chi connectivity index (χ3n) is 8.37. The van der Waals surface area contributed by atoms with E-state index in [1.807, 2.05) is 6.20 Å². The van der Waals surface area contributed by atoms with E-state index in [9.17, 15) is 23.6 Å². The van der Waals surface area contributed by atoms with Crippen molar-refractivity contribution < 1.29 is 28.3 Å². The van der Waals surface area contributed by atoms with Crippen LogP contribution in [0.1, 0.15) is 40.7 Å². The van der Waals surface area contributed by atoms with E-state index in [1.165, 1.54) is 12.1 Å². The first kappa shape index (κ1) is 24.5. The second-order valence-corrected chi connectivity index (χ2v) is 11.0. The molecular formula is C29H26FN5O5. The highest BCUT2D eigenvalue weighted by molar-refractivity contribution is 6.17. The Labute approximate surface area is 228 Å². The number of rotatable bonds is 4. The highest BCUT2D eigenvalue weighted by Crippen LogP contribution is 2.43. The fourth-order valence-corrected chi connectivity index (χ4v) is 6.15. The van der Waals surface area contributed by atoms with E-state index >= 15 is 0 Å². The lowest BCUT2D eigenvalue weighted by atomic mass is 9.90. The molecule has 1 saturated carbocycles. The molecule has 10 nitrogen and oxygen atoms in total. The van der Waals surface area contributed by atoms with Gasteiger partial charge in [0.1, 0.15) is 24.7 Å². The predicted octanol–water partition coefficient (Wildman–Crippen LogP) is 2.76. The molecule has 1 saturated heterocycles. The molecule has 2 atom stereocenters. The van der Waals surface area contributed by atoms with Crippen LogP contribution in [0.2, 0.25) is 0 Å². The van der Waals surface area contributed by atoms with Gasteiger partial charge < -0.3 is 15.0 Å². The van der Waals surface area contributed by atoms with Crippen molar-refractivity contribution in [2.45, 2.75) is 37.4 Å². The van der Waals surface area contributed by atoms with Crippen molar-refractivity contribution in [3.05, 3.63) is 71.3 Å². The Morgan fingerprint density at radius 1 is 1.15 bits per heavy atom. The minimum absolute atomic E-state index is 0.111. The minimum atomic E-state index is -1.55. The van der Waals surface area contributed by atoms with Gasteiger partial charge in [0.15, 0.2) is 11.3 Å². The summed E-state index contributed by atoms with van der Waals surface area (Å²) in [4.78, 5) is 56.2. The summed E-state index contributed by atoms with van der Waals surface area (Å²) >= 11 is 0. The van der Waals surface area contributed by atoms with Crippen LogP contribution < -0.4 is 10.1 Å². The van der Waals surface area contributed by atoms with Crippen LogP contribution in [0.25, 0.3) is 11.1 Å². The Morgan fingerprint density at radius 3 is 2.73 bits per heavy atom. The molecule has 11 heteroatoms. The molecular weight excluding hydrogens is 517 g/mol. The Hall–Kier alpha value is -4.54. The van der Waals surface area contributed by atoms with Crippen LogP contribution in [0.3, 0.4) is 0 Å². The second-order valence-electron chi connectivity index (χ2n) is 11.0. The number of carbonyl (C=O) groups excluding carboxylic acids is 4. The summed E-state index contributed by atoms with van der Waals surface area (Å²) in [5.74, 6) is -1.01. The lowest BCUT2D eigenvalue weighted by molar-refractivity contribution is -0.141.